The van der Waals surface area contributed by atoms with Crippen molar-refractivity contribution in [3.05, 3.63) is 0 Å². The van der Waals surface area contributed by atoms with E-state index in [-0.39, 0.29) is 7.43 Å². The van der Waals surface area contributed by atoms with Gasteiger partial charge in [0, 0.05) is 0 Å². The summed E-state index contributed by atoms with van der Waals surface area (Å²) in [6, 6.07) is 0. The third-order valence-electron chi connectivity index (χ3n) is 2.63. The second kappa shape index (κ2) is 9.85. The summed E-state index contributed by atoms with van der Waals surface area (Å²) in [6.07, 6.45) is 9.32. The Balaban J connectivity index is 0. The Morgan fingerprint density at radius 1 is 0.857 bits per heavy atom. The predicted octanol–water partition coefficient (Wildman–Crippen LogP) is 2.63. The van der Waals surface area contributed by atoms with Gasteiger partial charge in [-0.3, -0.25) is 0 Å². The third-order valence-corrected chi connectivity index (χ3v) is 2.63. The molecule has 4 nitrogen and oxygen atoms in total. The molecule has 0 unspecified atom stereocenters. The van der Waals surface area contributed by atoms with Crippen LogP contribution < -0.4 is 0 Å². The van der Waals surface area contributed by atoms with Gasteiger partial charge in [0.15, 0.2) is 0 Å². The van der Waals surface area contributed by atoms with Crippen molar-refractivity contribution >= 4 is 12.2 Å². The van der Waals surface area contributed by atoms with E-state index in [0.717, 1.165) is 12.2 Å². The maximum Gasteiger partial charge on any atom is 0.231 e. The van der Waals surface area contributed by atoms with Crippen LogP contribution in [0.25, 0.3) is 0 Å². The van der Waals surface area contributed by atoms with Crippen LogP contribution in [-0.2, 0) is 9.59 Å². The van der Waals surface area contributed by atoms with E-state index in [0.29, 0.717) is 0 Å². The molecular formula is C10H18N2O2. The lowest BCUT2D eigenvalue weighted by atomic mass is 10.0. The number of isocyanates is 2. The lowest BCUT2D eigenvalue weighted by Crippen LogP contribution is -1.90. The summed E-state index contributed by atoms with van der Waals surface area (Å²) < 4.78 is 0. The van der Waals surface area contributed by atoms with Crippen molar-refractivity contribution in [2.45, 2.75) is 39.5 Å². The number of nitrogens with one attached hydrogen (secondary N) is 2. The normalized spacial score (nSPS) is 25.1. The lowest BCUT2D eigenvalue weighted by Gasteiger charge is -2.05. The van der Waals surface area contributed by atoms with Crippen molar-refractivity contribution in [3.8, 4) is 0 Å². The van der Waals surface area contributed by atoms with Crippen molar-refractivity contribution in [1.29, 1.82) is 10.8 Å². The number of fused-ring (bicyclic) bond motifs is 2. The highest BCUT2D eigenvalue weighted by Gasteiger charge is 2.30. The summed E-state index contributed by atoms with van der Waals surface area (Å²) in [5.41, 5.74) is 0. The summed E-state index contributed by atoms with van der Waals surface area (Å²) in [5.74, 6) is 2.34. The van der Waals surface area contributed by atoms with Crippen molar-refractivity contribution in [3.63, 3.8) is 0 Å². The zero-order chi connectivity index (χ0) is 10.1. The molecule has 0 aliphatic heterocycles. The summed E-state index contributed by atoms with van der Waals surface area (Å²) in [4.78, 5) is 16.7. The van der Waals surface area contributed by atoms with Gasteiger partial charge in [-0.15, -0.1) is 0 Å². The molecule has 14 heavy (non-hydrogen) atoms. The molecule has 2 aliphatic rings. The van der Waals surface area contributed by atoms with Gasteiger partial charge in [0.1, 0.15) is 0 Å². The van der Waals surface area contributed by atoms with E-state index in [1.165, 1.54) is 11.8 Å². The van der Waals surface area contributed by atoms with E-state index in [1.807, 2.05) is 0 Å². The summed E-state index contributed by atoms with van der Waals surface area (Å²) in [6.45, 7) is 0. The second-order valence-electron chi connectivity index (χ2n) is 3.33. The van der Waals surface area contributed by atoms with E-state index in [2.05, 4.69) is 0 Å². The van der Waals surface area contributed by atoms with Gasteiger partial charge in [-0.1, -0.05) is 33.1 Å². The van der Waals surface area contributed by atoms with Crippen LogP contribution in [0.4, 0.5) is 0 Å². The number of hydrogen-bond donors (Lipinski definition) is 2. The molecule has 0 aromatic carbocycles. The van der Waals surface area contributed by atoms with Gasteiger partial charge in [0.25, 0.3) is 0 Å². The fourth-order valence-corrected chi connectivity index (χ4v) is 2.17. The molecule has 0 aromatic rings. The van der Waals surface area contributed by atoms with Crippen LogP contribution in [0.1, 0.15) is 39.5 Å². The van der Waals surface area contributed by atoms with E-state index in [9.17, 15) is 0 Å². The Morgan fingerprint density at radius 2 is 1.07 bits per heavy atom. The first-order valence-electron chi connectivity index (χ1n) is 4.36. The molecule has 2 fully saturated rings. The van der Waals surface area contributed by atoms with Gasteiger partial charge >= 0.3 is 0 Å². The second-order valence-corrected chi connectivity index (χ2v) is 3.33. The number of hydrogen-bond acceptors (Lipinski definition) is 4. The molecule has 80 valence electrons. The van der Waals surface area contributed by atoms with Crippen LogP contribution >= 0.6 is 0 Å². The van der Waals surface area contributed by atoms with Crippen molar-refractivity contribution < 1.29 is 9.59 Å². The third kappa shape index (κ3) is 6.30. The SMILES string of the molecule is C.C1CC2CCC1C2.N=C=O.N=C=O. The zero-order valence-corrected chi connectivity index (χ0v) is 7.51. The minimum absolute atomic E-state index is 0. The molecule has 2 rings (SSSR count). The van der Waals surface area contributed by atoms with Crippen LogP contribution in [0.15, 0.2) is 0 Å². The van der Waals surface area contributed by atoms with Gasteiger partial charge in [-0.25, -0.2) is 20.4 Å². The minimum atomic E-state index is 0. The standard InChI is InChI=1S/C7H12.2CHNO.CH4/c1-2-7-4-3-6(1)5-7;2*2-1-3;/h6-7H,1-5H2;2*2H;1H4. The Hall–Kier alpha value is -1.24. The highest BCUT2D eigenvalue weighted by molar-refractivity contribution is 5.26. The Kier molecular flexibility index (Phi) is 10.7. The average Bonchev–Trinajstić information content (AvgIpc) is 2.69. The summed E-state index contributed by atoms with van der Waals surface area (Å²) >= 11 is 0. The first kappa shape index (κ1) is 15.2. The topological polar surface area (TPSA) is 81.8 Å². The van der Waals surface area contributed by atoms with Gasteiger partial charge in [0.2, 0.25) is 12.2 Å². The molecule has 0 saturated heterocycles. The molecule has 0 radical (unpaired) electrons. The van der Waals surface area contributed by atoms with Crippen LogP contribution in [0, 0.1) is 22.7 Å². The molecule has 2 aliphatic carbocycles. The fraction of sp³-hybridized carbons (Fsp3) is 0.800. The smallest absolute Gasteiger partial charge is 0.222 e. The Morgan fingerprint density at radius 3 is 1.14 bits per heavy atom. The van der Waals surface area contributed by atoms with Crippen molar-refractivity contribution in [2.75, 3.05) is 0 Å². The van der Waals surface area contributed by atoms with Crippen molar-refractivity contribution in [1.82, 2.24) is 0 Å². The van der Waals surface area contributed by atoms with Gasteiger partial charge < -0.3 is 0 Å². The Labute approximate surface area is 84.7 Å². The molecule has 0 heterocycles. The summed E-state index contributed by atoms with van der Waals surface area (Å²) in [7, 11) is 0. The molecule has 2 saturated carbocycles. The maximum absolute atomic E-state index is 8.35. The predicted molar refractivity (Wildman–Crippen MR) is 53.6 cm³/mol. The Bertz CT molecular complexity index is 174. The van der Waals surface area contributed by atoms with Crippen LogP contribution in [0.3, 0.4) is 0 Å². The average molecular weight is 198 g/mol. The van der Waals surface area contributed by atoms with Crippen LogP contribution in [0.2, 0.25) is 0 Å². The molecule has 0 spiro atoms. The van der Waals surface area contributed by atoms with Gasteiger partial charge in [-0.2, -0.15) is 0 Å². The van der Waals surface area contributed by atoms with E-state index in [1.54, 1.807) is 32.1 Å². The molecule has 0 atom stereocenters. The molecule has 0 amide bonds. The van der Waals surface area contributed by atoms with Gasteiger partial charge in [0.05, 0.1) is 0 Å². The van der Waals surface area contributed by atoms with Crippen LogP contribution in [0.5, 0.6) is 0 Å². The molecule has 2 N–H and O–H groups in total. The zero-order valence-electron chi connectivity index (χ0n) is 7.51. The lowest BCUT2D eigenvalue weighted by molar-refractivity contribution is 0.480. The maximum atomic E-state index is 8.35. The van der Waals surface area contributed by atoms with E-state index >= 15 is 0 Å². The largest absolute Gasteiger partial charge is 0.231 e. The molecule has 0 aromatic heterocycles. The monoisotopic (exact) mass is 198 g/mol. The number of rotatable bonds is 0. The quantitative estimate of drug-likeness (QED) is 0.463. The summed E-state index contributed by atoms with van der Waals surface area (Å²) in [5, 5.41) is 10.8. The first-order chi connectivity index (χ1) is 6.28. The first-order valence-corrected chi connectivity index (χ1v) is 4.36. The van der Waals surface area contributed by atoms with E-state index < -0.39 is 0 Å². The molecule has 2 bridgehead atoms. The number of carbonyl (C=O) groups excluding carboxylic acids is 2. The van der Waals surface area contributed by atoms with Gasteiger partial charge in [-0.05, 0) is 18.3 Å². The molecule has 4 heteroatoms. The van der Waals surface area contributed by atoms with E-state index in [4.69, 9.17) is 20.4 Å². The molecular weight excluding hydrogens is 180 g/mol. The fourth-order valence-electron chi connectivity index (χ4n) is 2.17. The highest BCUT2D eigenvalue weighted by atomic mass is 16.1. The van der Waals surface area contributed by atoms with Crippen molar-refractivity contribution in [2.24, 2.45) is 11.8 Å². The minimum Gasteiger partial charge on any atom is -0.222 e. The highest BCUT2D eigenvalue weighted by Crippen LogP contribution is 2.43. The van der Waals surface area contributed by atoms with Crippen LogP contribution in [-0.4, -0.2) is 12.2 Å².